The van der Waals surface area contributed by atoms with Crippen molar-refractivity contribution in [1.29, 1.82) is 0 Å². The van der Waals surface area contributed by atoms with Crippen molar-refractivity contribution in [3.05, 3.63) is 52.0 Å². The number of carbonyl (C=O) groups is 1. The standard InChI is InChI=1S/C14H13FN2O2S/c1-2-19-11-5-3-10(4-6-11)14(18)17-16-9-12-7-8-13(15)20-12/h3-9H,2H2,1H3,(H,17,18)/b16-9+. The molecule has 1 aromatic carbocycles. The minimum absolute atomic E-state index is 0.288. The molecule has 0 aliphatic heterocycles. The fraction of sp³-hybridized carbons (Fsp3) is 0.143. The van der Waals surface area contributed by atoms with Crippen LogP contribution in [0.15, 0.2) is 41.5 Å². The van der Waals surface area contributed by atoms with Crippen molar-refractivity contribution in [2.45, 2.75) is 6.92 Å². The van der Waals surface area contributed by atoms with E-state index in [2.05, 4.69) is 10.5 Å². The van der Waals surface area contributed by atoms with E-state index in [0.29, 0.717) is 22.8 Å². The molecule has 0 atom stereocenters. The van der Waals surface area contributed by atoms with Gasteiger partial charge in [0.05, 0.1) is 17.7 Å². The van der Waals surface area contributed by atoms with Crippen LogP contribution in [0.5, 0.6) is 5.75 Å². The Labute approximate surface area is 119 Å². The number of hydrogen-bond donors (Lipinski definition) is 1. The Kier molecular flexibility index (Phi) is 4.84. The summed E-state index contributed by atoms with van der Waals surface area (Å²) in [4.78, 5) is 12.4. The molecule has 0 aliphatic carbocycles. The minimum Gasteiger partial charge on any atom is -0.494 e. The monoisotopic (exact) mass is 292 g/mol. The molecular formula is C14H13FN2O2S. The van der Waals surface area contributed by atoms with Crippen LogP contribution in [0.4, 0.5) is 4.39 Å². The Morgan fingerprint density at radius 1 is 1.35 bits per heavy atom. The van der Waals surface area contributed by atoms with Gasteiger partial charge in [0.2, 0.25) is 0 Å². The van der Waals surface area contributed by atoms with E-state index in [-0.39, 0.29) is 11.0 Å². The van der Waals surface area contributed by atoms with Crippen LogP contribution in [0, 0.1) is 5.13 Å². The van der Waals surface area contributed by atoms with E-state index in [1.54, 1.807) is 30.3 Å². The molecule has 104 valence electrons. The normalized spacial score (nSPS) is 10.7. The van der Waals surface area contributed by atoms with Gasteiger partial charge >= 0.3 is 0 Å². The average Bonchev–Trinajstić information content (AvgIpc) is 2.85. The Balaban J connectivity index is 1.92. The molecule has 4 nitrogen and oxygen atoms in total. The quantitative estimate of drug-likeness (QED) is 0.680. The molecule has 20 heavy (non-hydrogen) atoms. The molecule has 0 fully saturated rings. The van der Waals surface area contributed by atoms with Gasteiger partial charge in [-0.05, 0) is 43.3 Å². The fourth-order valence-corrected chi connectivity index (χ4v) is 2.09. The third-order valence-electron chi connectivity index (χ3n) is 2.38. The van der Waals surface area contributed by atoms with Crippen molar-refractivity contribution in [3.8, 4) is 5.75 Å². The number of rotatable bonds is 5. The first-order chi connectivity index (χ1) is 9.69. The molecule has 1 amide bonds. The second kappa shape index (κ2) is 6.81. The molecule has 1 aromatic heterocycles. The molecule has 0 saturated carbocycles. The predicted octanol–water partition coefficient (Wildman–Crippen LogP) is 3.05. The largest absolute Gasteiger partial charge is 0.494 e. The van der Waals surface area contributed by atoms with Gasteiger partial charge in [0.1, 0.15) is 5.75 Å². The van der Waals surface area contributed by atoms with Crippen LogP contribution in [-0.2, 0) is 0 Å². The summed E-state index contributed by atoms with van der Waals surface area (Å²) in [7, 11) is 0. The molecule has 0 aliphatic rings. The average molecular weight is 292 g/mol. The Bertz CT molecular complexity index is 608. The van der Waals surface area contributed by atoms with Crippen LogP contribution in [0.1, 0.15) is 22.2 Å². The molecule has 0 bridgehead atoms. The van der Waals surface area contributed by atoms with Gasteiger partial charge in [-0.3, -0.25) is 4.79 Å². The molecule has 2 aromatic rings. The van der Waals surface area contributed by atoms with Gasteiger partial charge in [0, 0.05) is 5.56 Å². The summed E-state index contributed by atoms with van der Waals surface area (Å²) in [5.41, 5.74) is 2.86. The van der Waals surface area contributed by atoms with E-state index >= 15 is 0 Å². The molecule has 0 saturated heterocycles. The van der Waals surface area contributed by atoms with Gasteiger partial charge < -0.3 is 4.74 Å². The van der Waals surface area contributed by atoms with E-state index in [4.69, 9.17) is 4.74 Å². The smallest absolute Gasteiger partial charge is 0.271 e. The van der Waals surface area contributed by atoms with E-state index in [0.717, 1.165) is 11.3 Å². The van der Waals surface area contributed by atoms with Gasteiger partial charge in [-0.2, -0.15) is 9.49 Å². The Morgan fingerprint density at radius 3 is 2.70 bits per heavy atom. The third kappa shape index (κ3) is 3.89. The first-order valence-corrected chi connectivity index (χ1v) is 6.82. The van der Waals surface area contributed by atoms with Crippen molar-refractivity contribution in [2.75, 3.05) is 6.61 Å². The van der Waals surface area contributed by atoms with Crippen LogP contribution in [0.25, 0.3) is 0 Å². The molecule has 0 radical (unpaired) electrons. The van der Waals surface area contributed by atoms with Crippen LogP contribution < -0.4 is 10.2 Å². The van der Waals surface area contributed by atoms with Gasteiger partial charge in [-0.15, -0.1) is 11.3 Å². The van der Waals surface area contributed by atoms with Gasteiger partial charge in [0.15, 0.2) is 5.13 Å². The van der Waals surface area contributed by atoms with E-state index < -0.39 is 0 Å². The molecule has 0 spiro atoms. The van der Waals surface area contributed by atoms with Crippen molar-refractivity contribution in [2.24, 2.45) is 5.10 Å². The first kappa shape index (κ1) is 14.2. The summed E-state index contributed by atoms with van der Waals surface area (Å²) in [6, 6.07) is 9.68. The lowest BCUT2D eigenvalue weighted by atomic mass is 10.2. The highest BCUT2D eigenvalue weighted by Crippen LogP contribution is 2.13. The van der Waals surface area contributed by atoms with Crippen molar-refractivity contribution < 1.29 is 13.9 Å². The number of ether oxygens (including phenoxy) is 1. The van der Waals surface area contributed by atoms with E-state index in [1.165, 1.54) is 12.3 Å². The van der Waals surface area contributed by atoms with Crippen molar-refractivity contribution in [3.63, 3.8) is 0 Å². The van der Waals surface area contributed by atoms with Crippen molar-refractivity contribution in [1.82, 2.24) is 5.43 Å². The molecule has 6 heteroatoms. The lowest BCUT2D eigenvalue weighted by molar-refractivity contribution is 0.0955. The number of hydrazone groups is 1. The molecule has 1 N–H and O–H groups in total. The van der Waals surface area contributed by atoms with Crippen LogP contribution >= 0.6 is 11.3 Å². The zero-order valence-corrected chi connectivity index (χ0v) is 11.6. The topological polar surface area (TPSA) is 50.7 Å². The predicted molar refractivity (Wildman–Crippen MR) is 76.9 cm³/mol. The first-order valence-electron chi connectivity index (χ1n) is 6.00. The maximum Gasteiger partial charge on any atom is 0.271 e. The number of carbonyl (C=O) groups excluding carboxylic acids is 1. The third-order valence-corrected chi connectivity index (χ3v) is 3.19. The number of amides is 1. The summed E-state index contributed by atoms with van der Waals surface area (Å²) >= 11 is 0.959. The Hall–Kier alpha value is -2.21. The summed E-state index contributed by atoms with van der Waals surface area (Å²) in [6.07, 6.45) is 1.40. The summed E-state index contributed by atoms with van der Waals surface area (Å²) in [6.45, 7) is 2.47. The van der Waals surface area contributed by atoms with Gasteiger partial charge in [0.25, 0.3) is 5.91 Å². The maximum absolute atomic E-state index is 12.7. The molecule has 0 unspecified atom stereocenters. The van der Waals surface area contributed by atoms with Crippen LogP contribution in [0.2, 0.25) is 0 Å². The van der Waals surface area contributed by atoms with Gasteiger partial charge in [-0.25, -0.2) is 5.43 Å². The number of halogens is 1. The molecule has 2 rings (SSSR count). The molecule has 1 heterocycles. The zero-order valence-electron chi connectivity index (χ0n) is 10.8. The SMILES string of the molecule is CCOc1ccc(C(=O)N/N=C/c2ccc(F)s2)cc1. The summed E-state index contributed by atoms with van der Waals surface area (Å²) < 4.78 is 18.0. The Morgan fingerprint density at radius 2 is 2.10 bits per heavy atom. The number of nitrogens with zero attached hydrogens (tertiary/aromatic N) is 1. The second-order valence-electron chi connectivity index (χ2n) is 3.80. The lowest BCUT2D eigenvalue weighted by Gasteiger charge is -2.03. The van der Waals surface area contributed by atoms with E-state index in [9.17, 15) is 9.18 Å². The number of nitrogens with one attached hydrogen (secondary N) is 1. The number of hydrogen-bond acceptors (Lipinski definition) is 4. The highest BCUT2D eigenvalue weighted by atomic mass is 32.1. The minimum atomic E-state index is -0.332. The van der Waals surface area contributed by atoms with Crippen molar-refractivity contribution >= 4 is 23.5 Å². The second-order valence-corrected chi connectivity index (χ2v) is 4.86. The summed E-state index contributed by atoms with van der Waals surface area (Å²) in [5, 5.41) is 3.49. The van der Waals surface area contributed by atoms with E-state index in [1.807, 2.05) is 6.92 Å². The lowest BCUT2D eigenvalue weighted by Crippen LogP contribution is -2.17. The highest BCUT2D eigenvalue weighted by Gasteiger charge is 2.04. The van der Waals surface area contributed by atoms with Crippen LogP contribution in [-0.4, -0.2) is 18.7 Å². The van der Waals surface area contributed by atoms with Gasteiger partial charge in [-0.1, -0.05) is 0 Å². The highest BCUT2D eigenvalue weighted by molar-refractivity contribution is 7.12. The van der Waals surface area contributed by atoms with Crippen LogP contribution in [0.3, 0.4) is 0 Å². The fourth-order valence-electron chi connectivity index (χ4n) is 1.49. The maximum atomic E-state index is 12.7. The number of thiophene rings is 1. The molecular weight excluding hydrogens is 279 g/mol. The zero-order chi connectivity index (χ0) is 14.4. The summed E-state index contributed by atoms with van der Waals surface area (Å²) in [5.74, 6) is 0.378. The number of benzene rings is 1.